The number of unbranched alkanes of at least 4 members (excludes halogenated alkanes) is 5. The smallest absolute Gasteiger partial charge is 0.303 e. The van der Waals surface area contributed by atoms with Gasteiger partial charge in [-0.15, -0.1) is 0 Å². The lowest BCUT2D eigenvalue weighted by atomic mass is 10.1. The van der Waals surface area contributed by atoms with Crippen molar-refractivity contribution in [3.8, 4) is 0 Å². The van der Waals surface area contributed by atoms with Crippen LogP contribution in [0.5, 0.6) is 0 Å². The van der Waals surface area contributed by atoms with Crippen LogP contribution in [0.1, 0.15) is 75.6 Å². The molecule has 8 heteroatoms. The number of carbonyl (C=O) groups excluding carboxylic acids is 2. The summed E-state index contributed by atoms with van der Waals surface area (Å²) in [5.74, 6) is -1.14. The lowest BCUT2D eigenvalue weighted by molar-refractivity contribution is -0.137. The SMILES string of the molecule is CC1N=C(NC(=O)c2ccccc2NC(=O)CCCCCCCCC(=O)O)SC1C. The Morgan fingerprint density at radius 1 is 0.967 bits per heavy atom. The Labute approximate surface area is 182 Å². The second kappa shape index (κ2) is 12.4. The number of carbonyl (C=O) groups is 3. The molecule has 2 atom stereocenters. The van der Waals surface area contributed by atoms with Gasteiger partial charge in [-0.05, 0) is 31.9 Å². The number of carboxylic acids is 1. The van der Waals surface area contributed by atoms with Crippen molar-refractivity contribution in [1.29, 1.82) is 0 Å². The summed E-state index contributed by atoms with van der Waals surface area (Å²) in [6, 6.07) is 7.14. The topological polar surface area (TPSA) is 108 Å². The molecule has 1 aromatic rings. The summed E-state index contributed by atoms with van der Waals surface area (Å²) in [6.45, 7) is 4.09. The molecule has 2 rings (SSSR count). The summed E-state index contributed by atoms with van der Waals surface area (Å²) >= 11 is 1.54. The summed E-state index contributed by atoms with van der Waals surface area (Å²) < 4.78 is 0. The molecule has 30 heavy (non-hydrogen) atoms. The normalized spacial score (nSPS) is 18.0. The molecule has 0 fully saturated rings. The molecular formula is C22H31N3O4S. The van der Waals surface area contributed by atoms with Crippen molar-refractivity contribution in [1.82, 2.24) is 5.32 Å². The van der Waals surface area contributed by atoms with Crippen LogP contribution >= 0.6 is 11.8 Å². The number of thioether (sulfide) groups is 1. The highest BCUT2D eigenvalue weighted by Crippen LogP contribution is 2.25. The van der Waals surface area contributed by atoms with Crippen LogP contribution in [-0.4, -0.2) is 39.3 Å². The fraction of sp³-hybridized carbons (Fsp3) is 0.545. The molecule has 2 amide bonds. The van der Waals surface area contributed by atoms with Gasteiger partial charge in [0.15, 0.2) is 5.17 Å². The molecule has 164 valence electrons. The van der Waals surface area contributed by atoms with Crippen LogP contribution in [0.4, 0.5) is 5.69 Å². The zero-order chi connectivity index (χ0) is 21.9. The second-order valence-corrected chi connectivity index (χ2v) is 8.93. The number of aliphatic carboxylic acids is 1. The van der Waals surface area contributed by atoms with Gasteiger partial charge < -0.3 is 15.7 Å². The second-order valence-electron chi connectivity index (χ2n) is 7.56. The molecule has 0 bridgehead atoms. The fourth-order valence-electron chi connectivity index (χ4n) is 3.09. The summed E-state index contributed by atoms with van der Waals surface area (Å²) in [6.07, 6.45) is 5.89. The minimum absolute atomic E-state index is 0.115. The number of hydrogen-bond acceptors (Lipinski definition) is 5. The van der Waals surface area contributed by atoms with E-state index in [2.05, 4.69) is 22.5 Å². The third-order valence-corrected chi connectivity index (χ3v) is 6.20. The first-order valence-electron chi connectivity index (χ1n) is 10.5. The summed E-state index contributed by atoms with van der Waals surface area (Å²) in [5, 5.41) is 15.2. The summed E-state index contributed by atoms with van der Waals surface area (Å²) in [7, 11) is 0. The minimum atomic E-state index is -0.750. The number of amides is 2. The Hall–Kier alpha value is -2.35. The van der Waals surface area contributed by atoms with Gasteiger partial charge in [0.25, 0.3) is 5.91 Å². The molecular weight excluding hydrogens is 402 g/mol. The molecule has 0 spiro atoms. The van der Waals surface area contributed by atoms with Crippen molar-refractivity contribution in [2.24, 2.45) is 4.99 Å². The van der Waals surface area contributed by atoms with E-state index < -0.39 is 5.97 Å². The highest BCUT2D eigenvalue weighted by Gasteiger charge is 2.24. The monoisotopic (exact) mass is 433 g/mol. The minimum Gasteiger partial charge on any atom is -0.481 e. The predicted molar refractivity (Wildman–Crippen MR) is 121 cm³/mol. The molecule has 1 heterocycles. The largest absolute Gasteiger partial charge is 0.481 e. The molecule has 0 aliphatic carbocycles. The standard InChI is InChI=1S/C22H31N3O4S/c1-15-16(2)30-22(23-15)25-21(29)17-11-9-10-12-18(17)24-19(26)13-7-5-3-4-6-8-14-20(27)28/h9-12,15-16H,3-8,13-14H2,1-2H3,(H,24,26)(H,27,28)(H,23,25,29). The number of hydrogen-bond donors (Lipinski definition) is 3. The van der Waals surface area contributed by atoms with E-state index >= 15 is 0 Å². The first-order valence-corrected chi connectivity index (χ1v) is 11.4. The van der Waals surface area contributed by atoms with Crippen molar-refractivity contribution in [2.45, 2.75) is 76.5 Å². The average Bonchev–Trinajstić information content (AvgIpc) is 3.01. The Bertz CT molecular complexity index is 781. The summed E-state index contributed by atoms with van der Waals surface area (Å²) in [4.78, 5) is 39.8. The van der Waals surface area contributed by atoms with Crippen LogP contribution < -0.4 is 10.6 Å². The zero-order valence-electron chi connectivity index (χ0n) is 17.6. The lowest BCUT2D eigenvalue weighted by Gasteiger charge is -2.11. The average molecular weight is 434 g/mol. The Morgan fingerprint density at radius 2 is 1.60 bits per heavy atom. The molecule has 0 saturated heterocycles. The maximum atomic E-state index is 12.7. The van der Waals surface area contributed by atoms with Crippen LogP contribution in [0, 0.1) is 0 Å². The van der Waals surface area contributed by atoms with E-state index in [-0.39, 0.29) is 24.3 Å². The maximum absolute atomic E-state index is 12.7. The van der Waals surface area contributed by atoms with Crippen molar-refractivity contribution in [3.05, 3.63) is 29.8 Å². The number of nitrogens with zero attached hydrogens (tertiary/aromatic N) is 1. The highest BCUT2D eigenvalue weighted by atomic mass is 32.2. The van der Waals surface area contributed by atoms with E-state index in [1.54, 1.807) is 24.3 Å². The van der Waals surface area contributed by atoms with Crippen molar-refractivity contribution < 1.29 is 19.5 Å². The number of benzene rings is 1. The number of nitrogens with one attached hydrogen (secondary N) is 2. The van der Waals surface area contributed by atoms with E-state index in [0.717, 1.165) is 32.1 Å². The Balaban J connectivity index is 1.75. The molecule has 1 aliphatic heterocycles. The van der Waals surface area contributed by atoms with Gasteiger partial charge in [0.05, 0.1) is 17.3 Å². The van der Waals surface area contributed by atoms with E-state index in [1.165, 1.54) is 11.8 Å². The molecule has 0 saturated carbocycles. The van der Waals surface area contributed by atoms with Gasteiger partial charge in [-0.1, -0.05) is 56.5 Å². The quantitative estimate of drug-likeness (QED) is 0.447. The molecule has 1 aliphatic rings. The maximum Gasteiger partial charge on any atom is 0.303 e. The van der Waals surface area contributed by atoms with E-state index in [1.807, 2.05) is 6.92 Å². The summed E-state index contributed by atoms with van der Waals surface area (Å²) in [5.41, 5.74) is 0.915. The molecule has 2 unspecified atom stereocenters. The number of amidine groups is 1. The number of para-hydroxylation sites is 1. The van der Waals surface area contributed by atoms with Gasteiger partial charge in [0.2, 0.25) is 5.91 Å². The predicted octanol–water partition coefficient (Wildman–Crippen LogP) is 4.44. The van der Waals surface area contributed by atoms with Crippen molar-refractivity contribution in [3.63, 3.8) is 0 Å². The number of rotatable bonds is 11. The number of aliphatic imine (C=N–C) groups is 1. The molecule has 7 nitrogen and oxygen atoms in total. The first kappa shape index (κ1) is 23.9. The van der Waals surface area contributed by atoms with Crippen LogP contribution in [0.25, 0.3) is 0 Å². The van der Waals surface area contributed by atoms with Gasteiger partial charge in [-0.2, -0.15) is 0 Å². The third-order valence-electron chi connectivity index (χ3n) is 5.01. The number of carboxylic acid groups (broad SMARTS) is 1. The molecule has 3 N–H and O–H groups in total. The fourth-order valence-corrected chi connectivity index (χ4v) is 4.08. The first-order chi connectivity index (χ1) is 14.4. The van der Waals surface area contributed by atoms with Crippen molar-refractivity contribution >= 4 is 40.4 Å². The van der Waals surface area contributed by atoms with E-state index in [9.17, 15) is 14.4 Å². The van der Waals surface area contributed by atoms with E-state index in [4.69, 9.17) is 5.11 Å². The molecule has 1 aromatic carbocycles. The highest BCUT2D eigenvalue weighted by molar-refractivity contribution is 8.14. The Kier molecular flexibility index (Phi) is 9.86. The van der Waals surface area contributed by atoms with Gasteiger partial charge >= 0.3 is 5.97 Å². The third kappa shape index (κ3) is 8.18. The molecule has 0 aromatic heterocycles. The number of anilines is 1. The van der Waals surface area contributed by atoms with Gasteiger partial charge in [-0.3, -0.25) is 19.4 Å². The molecule has 0 radical (unpaired) electrons. The lowest BCUT2D eigenvalue weighted by Crippen LogP contribution is -2.28. The van der Waals surface area contributed by atoms with Crippen LogP contribution in [0.15, 0.2) is 29.3 Å². The van der Waals surface area contributed by atoms with Gasteiger partial charge in [-0.25, -0.2) is 0 Å². The van der Waals surface area contributed by atoms with Crippen LogP contribution in [0.2, 0.25) is 0 Å². The van der Waals surface area contributed by atoms with Crippen LogP contribution in [-0.2, 0) is 9.59 Å². The van der Waals surface area contributed by atoms with Gasteiger partial charge in [0, 0.05) is 18.1 Å². The van der Waals surface area contributed by atoms with Crippen LogP contribution in [0.3, 0.4) is 0 Å². The Morgan fingerprint density at radius 3 is 2.23 bits per heavy atom. The van der Waals surface area contributed by atoms with Gasteiger partial charge in [0.1, 0.15) is 0 Å². The zero-order valence-corrected chi connectivity index (χ0v) is 18.5. The van der Waals surface area contributed by atoms with Crippen molar-refractivity contribution in [2.75, 3.05) is 5.32 Å². The van der Waals surface area contributed by atoms with E-state index in [0.29, 0.717) is 34.5 Å².